The zero-order valence-corrected chi connectivity index (χ0v) is 16.7. The van der Waals surface area contributed by atoms with Crippen molar-refractivity contribution in [2.45, 2.75) is 38.6 Å². The highest BCUT2D eigenvalue weighted by Crippen LogP contribution is 2.33. The molecule has 3 saturated heterocycles. The Labute approximate surface area is 172 Å². The Kier molecular flexibility index (Phi) is 5.88. The third-order valence-corrected chi connectivity index (χ3v) is 5.80. The van der Waals surface area contributed by atoms with E-state index < -0.39 is 6.36 Å². The van der Waals surface area contributed by atoms with Crippen molar-refractivity contribution in [2.24, 2.45) is 0 Å². The van der Waals surface area contributed by atoms with E-state index in [4.69, 9.17) is 0 Å². The molecule has 4 rings (SSSR count). The van der Waals surface area contributed by atoms with Crippen LogP contribution >= 0.6 is 0 Å². The van der Waals surface area contributed by atoms with Gasteiger partial charge in [0.15, 0.2) is 0 Å². The lowest BCUT2D eigenvalue weighted by Gasteiger charge is -2.38. The number of rotatable bonds is 5. The molecule has 0 unspecified atom stereocenters. The molecule has 0 bridgehead atoms. The van der Waals surface area contributed by atoms with Crippen molar-refractivity contribution in [1.82, 2.24) is 14.9 Å². The molecule has 0 atom stereocenters. The fraction of sp³-hybridized carbons (Fsp3) is 0.600. The van der Waals surface area contributed by atoms with E-state index in [1.165, 1.54) is 11.1 Å². The summed E-state index contributed by atoms with van der Waals surface area (Å²) < 4.78 is 43.3. The normalized spacial score (nSPS) is 21.7. The molecule has 7 nitrogen and oxygen atoms in total. The first-order chi connectivity index (χ1) is 14.3. The van der Waals surface area contributed by atoms with Crippen LogP contribution in [0.15, 0.2) is 18.2 Å². The molecule has 164 valence electrons. The number of amides is 2. The molecule has 0 spiro atoms. The highest BCUT2D eigenvalue weighted by molar-refractivity contribution is 6.01. The van der Waals surface area contributed by atoms with Gasteiger partial charge in [0.1, 0.15) is 5.75 Å². The van der Waals surface area contributed by atoms with Crippen molar-refractivity contribution in [2.75, 3.05) is 44.2 Å². The van der Waals surface area contributed by atoms with Gasteiger partial charge in [0.05, 0.1) is 0 Å². The predicted molar refractivity (Wildman–Crippen MR) is 103 cm³/mol. The van der Waals surface area contributed by atoms with Gasteiger partial charge in [-0.05, 0) is 18.9 Å². The quantitative estimate of drug-likeness (QED) is 0.674. The third-order valence-electron chi connectivity index (χ3n) is 5.80. The maximum atomic E-state index is 13.0. The van der Waals surface area contributed by atoms with Gasteiger partial charge in [0, 0.05) is 76.0 Å². The summed E-state index contributed by atoms with van der Waals surface area (Å²) in [6, 6.07) is 5.03. The zero-order chi connectivity index (χ0) is 21.3. The highest BCUT2D eigenvalue weighted by atomic mass is 19.4. The van der Waals surface area contributed by atoms with Gasteiger partial charge in [-0.15, -0.1) is 13.2 Å². The minimum atomic E-state index is -4.76. The van der Waals surface area contributed by atoms with Crippen LogP contribution in [0, 0.1) is 0 Å². The van der Waals surface area contributed by atoms with Gasteiger partial charge < -0.3 is 9.64 Å². The third kappa shape index (κ3) is 4.70. The van der Waals surface area contributed by atoms with Crippen molar-refractivity contribution in [3.63, 3.8) is 0 Å². The first-order valence-corrected chi connectivity index (χ1v) is 10.3. The summed E-state index contributed by atoms with van der Waals surface area (Å²) in [6.07, 6.45) is -2.22. The molecule has 0 N–H and O–H groups in total. The summed E-state index contributed by atoms with van der Waals surface area (Å²) in [5.41, 5.74) is 1.21. The summed E-state index contributed by atoms with van der Waals surface area (Å²) in [5.74, 6) is -0.544. The Balaban J connectivity index is 1.43. The first kappa shape index (κ1) is 20.9. The molecule has 0 saturated carbocycles. The van der Waals surface area contributed by atoms with Gasteiger partial charge in [-0.25, -0.2) is 10.0 Å². The van der Waals surface area contributed by atoms with Gasteiger partial charge in [-0.1, -0.05) is 6.07 Å². The number of imide groups is 1. The topological polar surface area (TPSA) is 56.3 Å². The number of ether oxygens (including phenoxy) is 1. The van der Waals surface area contributed by atoms with Gasteiger partial charge >= 0.3 is 6.36 Å². The number of anilines is 1. The predicted octanol–water partition coefficient (Wildman–Crippen LogP) is 2.37. The maximum Gasteiger partial charge on any atom is 0.573 e. The fourth-order valence-electron chi connectivity index (χ4n) is 4.28. The minimum Gasteiger partial charge on any atom is -0.405 e. The molecule has 1 aromatic rings. The Bertz CT molecular complexity index is 787. The van der Waals surface area contributed by atoms with Crippen molar-refractivity contribution in [1.29, 1.82) is 0 Å². The van der Waals surface area contributed by atoms with Crippen LogP contribution in [0.5, 0.6) is 5.75 Å². The maximum absolute atomic E-state index is 13.0. The lowest BCUT2D eigenvalue weighted by atomic mass is 10.1. The van der Waals surface area contributed by atoms with Crippen LogP contribution in [0.25, 0.3) is 0 Å². The molecule has 3 aliphatic heterocycles. The van der Waals surface area contributed by atoms with E-state index >= 15 is 0 Å². The SMILES string of the molecule is O=C1CCC(=O)N1N1CCN(Cc2ccc(N3CCCC3)cc2OC(F)(F)F)CC1. The summed E-state index contributed by atoms with van der Waals surface area (Å²) >= 11 is 0. The number of halogens is 3. The van der Waals surface area contributed by atoms with Crippen molar-refractivity contribution in [3.05, 3.63) is 23.8 Å². The molecule has 3 aliphatic rings. The number of carbonyl (C=O) groups is 2. The number of benzene rings is 1. The molecule has 10 heteroatoms. The molecule has 0 aliphatic carbocycles. The highest BCUT2D eigenvalue weighted by Gasteiger charge is 2.36. The average Bonchev–Trinajstić information content (AvgIpc) is 3.33. The molecule has 3 heterocycles. The van der Waals surface area contributed by atoms with Gasteiger partial charge in [-0.2, -0.15) is 0 Å². The summed E-state index contributed by atoms with van der Waals surface area (Å²) in [7, 11) is 0. The lowest BCUT2D eigenvalue weighted by Crippen LogP contribution is -2.55. The van der Waals surface area contributed by atoms with E-state index in [1.807, 2.05) is 11.0 Å². The van der Waals surface area contributed by atoms with Crippen molar-refractivity contribution >= 4 is 17.5 Å². The smallest absolute Gasteiger partial charge is 0.405 e. The Morgan fingerprint density at radius 1 is 0.900 bits per heavy atom. The Hall–Kier alpha value is -2.33. The van der Waals surface area contributed by atoms with E-state index in [2.05, 4.69) is 9.64 Å². The fourth-order valence-corrected chi connectivity index (χ4v) is 4.28. The number of alkyl halides is 3. The molecular weight excluding hydrogens is 401 g/mol. The Morgan fingerprint density at radius 3 is 2.13 bits per heavy atom. The lowest BCUT2D eigenvalue weighted by molar-refractivity contribution is -0.275. The van der Waals surface area contributed by atoms with Gasteiger partial charge in [-0.3, -0.25) is 14.5 Å². The van der Waals surface area contributed by atoms with Crippen molar-refractivity contribution in [3.8, 4) is 5.75 Å². The first-order valence-electron chi connectivity index (χ1n) is 10.3. The largest absolute Gasteiger partial charge is 0.573 e. The number of nitrogens with zero attached hydrogens (tertiary/aromatic N) is 4. The molecular formula is C20H25F3N4O3. The number of hydrogen-bond donors (Lipinski definition) is 0. The summed E-state index contributed by atoms with van der Waals surface area (Å²) in [6.45, 7) is 3.99. The second-order valence-electron chi connectivity index (χ2n) is 7.86. The molecule has 3 fully saturated rings. The van der Waals surface area contributed by atoms with Crippen LogP contribution in [0.3, 0.4) is 0 Å². The van der Waals surface area contributed by atoms with Crippen molar-refractivity contribution < 1.29 is 27.5 Å². The van der Waals surface area contributed by atoms with Crippen LogP contribution in [-0.4, -0.2) is 72.4 Å². The van der Waals surface area contributed by atoms with Crippen LogP contribution in [0.1, 0.15) is 31.2 Å². The average molecular weight is 426 g/mol. The number of hydrogen-bond acceptors (Lipinski definition) is 6. The number of piperazine rings is 1. The summed E-state index contributed by atoms with van der Waals surface area (Å²) in [5, 5.41) is 2.96. The van der Waals surface area contributed by atoms with Crippen LogP contribution in [0.2, 0.25) is 0 Å². The standard InChI is InChI=1S/C20H25F3N4O3/c21-20(22,23)30-17-13-16(25-7-1-2-8-25)4-3-15(17)14-24-9-11-26(12-10-24)27-18(28)5-6-19(27)29/h3-4,13H,1-2,5-12,14H2. The monoisotopic (exact) mass is 426 g/mol. The molecule has 2 amide bonds. The van der Waals surface area contributed by atoms with Crippen LogP contribution in [0.4, 0.5) is 18.9 Å². The zero-order valence-electron chi connectivity index (χ0n) is 16.7. The molecule has 0 radical (unpaired) electrons. The Morgan fingerprint density at radius 2 is 1.53 bits per heavy atom. The molecule has 1 aromatic carbocycles. The van der Waals surface area contributed by atoms with Gasteiger partial charge in [0.25, 0.3) is 0 Å². The van der Waals surface area contributed by atoms with E-state index in [0.717, 1.165) is 31.6 Å². The van der Waals surface area contributed by atoms with Gasteiger partial charge in [0.2, 0.25) is 11.8 Å². The van der Waals surface area contributed by atoms with Crippen LogP contribution in [-0.2, 0) is 16.1 Å². The van der Waals surface area contributed by atoms with E-state index in [0.29, 0.717) is 38.3 Å². The molecule has 30 heavy (non-hydrogen) atoms. The van der Waals surface area contributed by atoms with E-state index in [9.17, 15) is 22.8 Å². The second kappa shape index (κ2) is 8.43. The van der Waals surface area contributed by atoms with E-state index in [1.54, 1.807) is 11.1 Å². The summed E-state index contributed by atoms with van der Waals surface area (Å²) in [4.78, 5) is 27.9. The minimum absolute atomic E-state index is 0.167. The van der Waals surface area contributed by atoms with E-state index in [-0.39, 0.29) is 30.4 Å². The molecule has 0 aromatic heterocycles. The number of hydrazine groups is 1. The number of carbonyl (C=O) groups excluding carboxylic acids is 2. The van der Waals surface area contributed by atoms with Crippen LogP contribution < -0.4 is 9.64 Å². The second-order valence-corrected chi connectivity index (χ2v) is 7.86.